The Bertz CT molecular complexity index is 598. The van der Waals surface area contributed by atoms with Crippen LogP contribution in [-0.4, -0.2) is 26.2 Å². The van der Waals surface area contributed by atoms with Crippen molar-refractivity contribution in [2.75, 3.05) is 26.2 Å². The van der Waals surface area contributed by atoms with Crippen LogP contribution in [0.15, 0.2) is 0 Å². The molecule has 55 heavy (non-hydrogen) atoms. The quantitative estimate of drug-likeness (QED) is 0.0445. The fourth-order valence-corrected chi connectivity index (χ4v) is 7.27. The van der Waals surface area contributed by atoms with E-state index in [1.165, 1.54) is 205 Å². The number of rotatable bonds is 36. The Labute approximate surface area is 362 Å². The average molecular weight is 820 g/mol. The molecule has 0 amide bonds. The second kappa shape index (κ2) is 39.9. The maximum absolute atomic E-state index is 4.72. The van der Waals surface area contributed by atoms with Crippen molar-refractivity contribution in [1.82, 2.24) is 0 Å². The molecule has 0 spiro atoms. The molecule has 0 heterocycles. The molecular weight excluding hydrogens is 711 g/mol. The van der Waals surface area contributed by atoms with Crippen molar-refractivity contribution in [2.45, 2.75) is 289 Å². The monoisotopic (exact) mass is 819 g/mol. The van der Waals surface area contributed by atoms with Crippen molar-refractivity contribution in [3.63, 3.8) is 0 Å². The molecule has 0 saturated carbocycles. The van der Waals surface area contributed by atoms with Crippen LogP contribution in [0.2, 0.25) is 0 Å². The van der Waals surface area contributed by atoms with Crippen LogP contribution in [0, 0.1) is 21.7 Å². The van der Waals surface area contributed by atoms with Crippen LogP contribution < -0.4 is 0 Å². The first kappa shape index (κ1) is 59.7. The summed E-state index contributed by atoms with van der Waals surface area (Å²) in [6, 6.07) is 0. The van der Waals surface area contributed by atoms with Crippen LogP contribution in [0.1, 0.15) is 289 Å². The Morgan fingerprint density at radius 1 is 0.200 bits per heavy atom. The molecule has 3 heteroatoms. The minimum atomic E-state index is 0. The van der Waals surface area contributed by atoms with E-state index < -0.39 is 0 Å². The van der Waals surface area contributed by atoms with Gasteiger partial charge in [-0.25, -0.2) is 0 Å². The minimum Gasteiger partial charge on any atom is -0.662 e. The Morgan fingerprint density at radius 3 is 0.473 bits per heavy atom. The van der Waals surface area contributed by atoms with E-state index in [1.807, 2.05) is 0 Å². The predicted molar refractivity (Wildman–Crippen MR) is 252 cm³/mol. The molecule has 336 valence electrons. The molecule has 0 aliphatic heterocycles. The summed E-state index contributed by atoms with van der Waals surface area (Å²) >= 11 is 0. The summed E-state index contributed by atoms with van der Waals surface area (Å²) in [4.78, 5) is 0. The number of hydrogen-bond donors (Lipinski definition) is 0. The van der Waals surface area contributed by atoms with E-state index in [0.29, 0.717) is 21.7 Å². The summed E-state index contributed by atoms with van der Waals surface area (Å²) in [5.74, 6) is 0. The molecule has 0 atom stereocenters. The first-order chi connectivity index (χ1) is 25.4. The van der Waals surface area contributed by atoms with Crippen molar-refractivity contribution in [3.8, 4) is 0 Å². The van der Waals surface area contributed by atoms with E-state index in [4.69, 9.17) is 10.6 Å². The van der Waals surface area contributed by atoms with Crippen LogP contribution >= 0.6 is 0 Å². The molecule has 0 fully saturated rings. The van der Waals surface area contributed by atoms with E-state index in [0.717, 1.165) is 26.2 Å². The van der Waals surface area contributed by atoms with Gasteiger partial charge in [0.1, 0.15) is 0 Å². The first-order valence-corrected chi connectivity index (χ1v) is 24.7. The second-order valence-corrected chi connectivity index (χ2v) is 22.5. The third-order valence-corrected chi connectivity index (χ3v) is 11.0. The van der Waals surface area contributed by atoms with Gasteiger partial charge >= 0.3 is 16.5 Å². The van der Waals surface area contributed by atoms with Crippen molar-refractivity contribution >= 4 is 0 Å². The zero-order valence-electron chi connectivity index (χ0n) is 40.7. The molecule has 0 bridgehead atoms. The summed E-state index contributed by atoms with van der Waals surface area (Å²) < 4.78 is 0. The topological polar surface area (TPSA) is 28.2 Å². The van der Waals surface area contributed by atoms with Gasteiger partial charge in [0, 0.05) is 0 Å². The summed E-state index contributed by atoms with van der Waals surface area (Å²) in [5.41, 5.74) is 2.09. The van der Waals surface area contributed by atoms with E-state index in [2.05, 4.69) is 83.1 Å². The Kier molecular flexibility index (Phi) is 43.3. The second-order valence-electron chi connectivity index (χ2n) is 22.5. The first-order valence-electron chi connectivity index (χ1n) is 24.7. The normalized spacial score (nSPS) is 12.4. The maximum atomic E-state index is 4.72. The van der Waals surface area contributed by atoms with Gasteiger partial charge in [-0.05, 0) is 47.3 Å². The summed E-state index contributed by atoms with van der Waals surface area (Å²) in [7, 11) is 0. The van der Waals surface area contributed by atoms with Crippen LogP contribution in [0.3, 0.4) is 0 Å². The van der Waals surface area contributed by atoms with Crippen molar-refractivity contribution in [3.05, 3.63) is 10.6 Å². The average Bonchev–Trinajstić information content (AvgIpc) is 3.05. The zero-order chi connectivity index (χ0) is 40.9. The van der Waals surface area contributed by atoms with Gasteiger partial charge in [-0.1, -0.05) is 263 Å². The fraction of sp³-hybridized carbons (Fsp3) is 1.00. The van der Waals surface area contributed by atoms with Gasteiger partial charge in [-0.2, -0.15) is 0 Å². The van der Waals surface area contributed by atoms with Crippen molar-refractivity contribution in [2.24, 2.45) is 21.7 Å². The Morgan fingerprint density at radius 2 is 0.327 bits per heavy atom. The smallest absolute Gasteiger partial charge is 0.662 e. The van der Waals surface area contributed by atoms with Gasteiger partial charge in [0.05, 0.1) is 0 Å². The van der Waals surface area contributed by atoms with Gasteiger partial charge in [0.15, 0.2) is 0 Å². The van der Waals surface area contributed by atoms with Gasteiger partial charge < -0.3 is 10.6 Å². The minimum absolute atomic E-state index is 0. The molecule has 0 radical (unpaired) electrons. The molecule has 0 unspecified atom stereocenters. The predicted octanol–water partition coefficient (Wildman–Crippen LogP) is 19.4. The SMILES string of the molecule is CC(C)(C)CCCCCCCCC[N-]CCCCCCCCCC(C)(C)C.CC(C)(C)CCCCCCCCC[N-]CCCCCCCCCC(C)(C)C.[Ni+2]. The molecule has 0 aromatic heterocycles. The zero-order valence-corrected chi connectivity index (χ0v) is 41.7. The van der Waals surface area contributed by atoms with E-state index >= 15 is 0 Å². The Balaban J connectivity index is -0.000000966. The largest absolute Gasteiger partial charge is 2.00 e. The molecule has 0 N–H and O–H groups in total. The van der Waals surface area contributed by atoms with E-state index in [9.17, 15) is 0 Å². The number of unbranched alkanes of at least 4 members (excludes halogenated alkanes) is 24. The summed E-state index contributed by atoms with van der Waals surface area (Å²) in [6.07, 6.45) is 44.8. The Hall–Kier alpha value is 0.414. The third kappa shape index (κ3) is 63.8. The van der Waals surface area contributed by atoms with Crippen LogP contribution in [-0.2, 0) is 16.5 Å². The summed E-state index contributed by atoms with van der Waals surface area (Å²) in [6.45, 7) is 32.7. The molecule has 0 saturated heterocycles. The van der Waals surface area contributed by atoms with Crippen LogP contribution in [0.25, 0.3) is 10.6 Å². The molecule has 0 rings (SSSR count). The molecule has 0 aromatic carbocycles. The van der Waals surface area contributed by atoms with Crippen molar-refractivity contribution < 1.29 is 16.5 Å². The van der Waals surface area contributed by atoms with Gasteiger partial charge in [-0.15, -0.1) is 26.2 Å². The number of nitrogens with zero attached hydrogens (tertiary/aromatic N) is 2. The third-order valence-electron chi connectivity index (χ3n) is 11.0. The number of hydrogen-bond acceptors (Lipinski definition) is 0. The molecule has 0 aliphatic rings. The van der Waals surface area contributed by atoms with Gasteiger partial charge in [-0.3, -0.25) is 0 Å². The standard InChI is InChI=1S/2C26H54N.Ni/c2*1-25(2,3)21-17-13-9-7-11-15-19-23-27-24-20-16-12-8-10-14-18-22-26(4,5)6;/h2*7-24H2,1-6H3;/q2*-1;+2. The maximum Gasteiger partial charge on any atom is 2.00 e. The van der Waals surface area contributed by atoms with Crippen LogP contribution in [0.5, 0.6) is 0 Å². The van der Waals surface area contributed by atoms with Crippen LogP contribution in [0.4, 0.5) is 0 Å². The van der Waals surface area contributed by atoms with E-state index in [-0.39, 0.29) is 16.5 Å². The summed E-state index contributed by atoms with van der Waals surface area (Å²) in [5, 5.41) is 9.44. The van der Waals surface area contributed by atoms with E-state index in [1.54, 1.807) is 0 Å². The molecule has 0 aromatic rings. The van der Waals surface area contributed by atoms with Crippen molar-refractivity contribution in [1.29, 1.82) is 0 Å². The fourth-order valence-electron chi connectivity index (χ4n) is 7.27. The van der Waals surface area contributed by atoms with Gasteiger partial charge in [0.2, 0.25) is 0 Å². The van der Waals surface area contributed by atoms with Gasteiger partial charge in [0.25, 0.3) is 0 Å². The molecule has 0 aliphatic carbocycles. The molecular formula is C52H108N2Ni. The molecule has 2 nitrogen and oxygen atoms in total.